The molecule has 21 heavy (non-hydrogen) atoms. The van der Waals surface area contributed by atoms with E-state index in [1.807, 2.05) is 0 Å². The van der Waals surface area contributed by atoms with Crippen molar-refractivity contribution in [2.45, 2.75) is 19.1 Å². The normalized spacial score (nSPS) is 13.0. The maximum Gasteiger partial charge on any atom is 0.451 e. The topological polar surface area (TPSA) is 75.9 Å². The van der Waals surface area contributed by atoms with Crippen LogP contribution < -0.4 is 16.6 Å². The molecule has 10 heteroatoms. The average molecular weight is 338 g/mol. The molecule has 0 radical (unpaired) electrons. The molecule has 2 heterocycles. The van der Waals surface area contributed by atoms with Gasteiger partial charge < -0.3 is 10.7 Å². The van der Waals surface area contributed by atoms with Crippen molar-refractivity contribution in [1.29, 1.82) is 0 Å². The van der Waals surface area contributed by atoms with Gasteiger partial charge in [0.25, 0.3) is 0 Å². The smallest absolute Gasteiger partial charge is 0.363 e. The van der Waals surface area contributed by atoms with E-state index in [-0.39, 0.29) is 17.7 Å². The van der Waals surface area contributed by atoms with Gasteiger partial charge in [0.05, 0.1) is 10.4 Å². The van der Waals surface area contributed by atoms with E-state index in [9.17, 15) is 13.2 Å². The Morgan fingerprint density at radius 2 is 1.95 bits per heavy atom. The number of halogens is 4. The maximum absolute atomic E-state index is 12.7. The molecule has 0 aliphatic rings. The van der Waals surface area contributed by atoms with Crippen molar-refractivity contribution in [3.05, 3.63) is 33.2 Å². The van der Waals surface area contributed by atoms with Crippen LogP contribution in [0.5, 0.6) is 0 Å². The number of nitrogens with zero attached hydrogens (tertiary/aromatic N) is 2. The molecule has 4 N–H and O–H groups in total. The number of alkyl halides is 3. The molecule has 0 aliphatic carbocycles. The van der Waals surface area contributed by atoms with Gasteiger partial charge >= 0.3 is 6.18 Å². The summed E-state index contributed by atoms with van der Waals surface area (Å²) >= 11 is 7.16. The Balaban J connectivity index is 2.27. The van der Waals surface area contributed by atoms with Gasteiger partial charge in [0.1, 0.15) is 11.6 Å². The summed E-state index contributed by atoms with van der Waals surface area (Å²) in [6.07, 6.45) is -4.65. The Morgan fingerprint density at radius 1 is 1.29 bits per heavy atom. The number of rotatable bonds is 4. The lowest BCUT2D eigenvalue weighted by Crippen LogP contribution is -2.18. The number of nitrogens with one attached hydrogen (secondary N) is 2. The molecule has 0 saturated heterocycles. The second-order valence-electron chi connectivity index (χ2n) is 4.11. The highest BCUT2D eigenvalue weighted by Gasteiger charge is 2.35. The zero-order valence-electron chi connectivity index (χ0n) is 10.7. The SMILES string of the molecule is CC(Nc1cc(NN)nc(C(F)(F)F)n1)c1ccc(Cl)s1. The monoisotopic (exact) mass is 337 g/mol. The van der Waals surface area contributed by atoms with Gasteiger partial charge in [-0.15, -0.1) is 11.3 Å². The lowest BCUT2D eigenvalue weighted by atomic mass is 10.3. The lowest BCUT2D eigenvalue weighted by Gasteiger charge is -2.15. The molecule has 2 aromatic heterocycles. The first-order chi connectivity index (χ1) is 9.79. The second kappa shape index (κ2) is 6.04. The molecule has 0 bridgehead atoms. The van der Waals surface area contributed by atoms with E-state index >= 15 is 0 Å². The van der Waals surface area contributed by atoms with Crippen molar-refractivity contribution in [1.82, 2.24) is 9.97 Å². The minimum atomic E-state index is -4.65. The van der Waals surface area contributed by atoms with E-state index in [1.165, 1.54) is 17.4 Å². The Bertz CT molecular complexity index is 631. The van der Waals surface area contributed by atoms with Crippen LogP contribution in [0, 0.1) is 0 Å². The number of aromatic nitrogens is 2. The van der Waals surface area contributed by atoms with E-state index in [4.69, 9.17) is 17.4 Å². The highest BCUT2D eigenvalue weighted by atomic mass is 35.5. The third-order valence-electron chi connectivity index (χ3n) is 2.51. The Morgan fingerprint density at radius 3 is 2.48 bits per heavy atom. The standard InChI is InChI=1S/C11H11ClF3N5S/c1-5(6-2-3-7(12)21-6)17-8-4-9(20-16)19-10(18-8)11(13,14)15/h2-5H,16H2,1H3,(H2,17,18,19,20). The fourth-order valence-corrected chi connectivity index (χ4v) is 2.64. The molecule has 2 rings (SSSR count). The van der Waals surface area contributed by atoms with Gasteiger partial charge in [-0.05, 0) is 19.1 Å². The van der Waals surface area contributed by atoms with Gasteiger partial charge in [-0.2, -0.15) is 13.2 Å². The summed E-state index contributed by atoms with van der Waals surface area (Å²) in [5.74, 6) is 3.75. The molecular weight excluding hydrogens is 327 g/mol. The maximum atomic E-state index is 12.7. The first-order valence-corrected chi connectivity index (χ1v) is 6.93. The van der Waals surface area contributed by atoms with Crippen LogP contribution in [0.4, 0.5) is 24.8 Å². The molecule has 5 nitrogen and oxygen atoms in total. The molecule has 0 fully saturated rings. The van der Waals surface area contributed by atoms with Gasteiger partial charge in [-0.25, -0.2) is 15.8 Å². The van der Waals surface area contributed by atoms with Crippen molar-refractivity contribution in [3.8, 4) is 0 Å². The van der Waals surface area contributed by atoms with Crippen LogP contribution in [0.2, 0.25) is 4.34 Å². The van der Waals surface area contributed by atoms with E-state index in [2.05, 4.69) is 20.7 Å². The van der Waals surface area contributed by atoms with Crippen molar-refractivity contribution in [3.63, 3.8) is 0 Å². The zero-order chi connectivity index (χ0) is 15.6. The molecule has 0 spiro atoms. The molecular formula is C11H11ClF3N5S. The molecule has 114 valence electrons. The fraction of sp³-hybridized carbons (Fsp3) is 0.273. The minimum Gasteiger partial charge on any atom is -0.363 e. The number of nitrogens with two attached hydrogens (primary N) is 1. The summed E-state index contributed by atoms with van der Waals surface area (Å²) in [5.41, 5.74) is 2.09. The van der Waals surface area contributed by atoms with Crippen molar-refractivity contribution < 1.29 is 13.2 Å². The van der Waals surface area contributed by atoms with Gasteiger partial charge in [-0.3, -0.25) is 0 Å². The summed E-state index contributed by atoms with van der Waals surface area (Å²) in [5, 5.41) is 2.86. The van der Waals surface area contributed by atoms with Crippen LogP contribution in [-0.2, 0) is 6.18 Å². The van der Waals surface area contributed by atoms with Crippen LogP contribution in [0.3, 0.4) is 0 Å². The third kappa shape index (κ3) is 3.96. The van der Waals surface area contributed by atoms with E-state index in [0.717, 1.165) is 4.88 Å². The predicted molar refractivity (Wildman–Crippen MR) is 76.2 cm³/mol. The first-order valence-electron chi connectivity index (χ1n) is 5.74. The van der Waals surface area contributed by atoms with E-state index < -0.39 is 12.0 Å². The first kappa shape index (κ1) is 15.8. The quantitative estimate of drug-likeness (QED) is 0.586. The molecule has 1 atom stereocenters. The number of hydrogen-bond acceptors (Lipinski definition) is 6. The van der Waals surface area contributed by atoms with Gasteiger partial charge in [-0.1, -0.05) is 11.6 Å². The summed E-state index contributed by atoms with van der Waals surface area (Å²) in [7, 11) is 0. The summed E-state index contributed by atoms with van der Waals surface area (Å²) in [6, 6.07) is 4.54. The second-order valence-corrected chi connectivity index (χ2v) is 5.86. The number of hydrogen-bond donors (Lipinski definition) is 3. The van der Waals surface area contributed by atoms with Gasteiger partial charge in [0, 0.05) is 10.9 Å². The van der Waals surface area contributed by atoms with Crippen LogP contribution in [-0.4, -0.2) is 9.97 Å². The number of thiophene rings is 1. The van der Waals surface area contributed by atoms with Crippen molar-refractivity contribution in [2.24, 2.45) is 5.84 Å². The molecule has 0 amide bonds. The number of hydrazine groups is 1. The Labute approximate surface area is 127 Å². The van der Waals surface area contributed by atoms with Gasteiger partial charge in [0.15, 0.2) is 0 Å². The lowest BCUT2D eigenvalue weighted by molar-refractivity contribution is -0.144. The van der Waals surface area contributed by atoms with Crippen LogP contribution in [0.15, 0.2) is 18.2 Å². The zero-order valence-corrected chi connectivity index (χ0v) is 12.3. The Kier molecular flexibility index (Phi) is 4.55. The van der Waals surface area contributed by atoms with Gasteiger partial charge in [0.2, 0.25) is 5.82 Å². The average Bonchev–Trinajstić information content (AvgIpc) is 2.84. The number of anilines is 2. The van der Waals surface area contributed by atoms with Crippen LogP contribution in [0.25, 0.3) is 0 Å². The van der Waals surface area contributed by atoms with Crippen molar-refractivity contribution in [2.75, 3.05) is 10.7 Å². The highest BCUT2D eigenvalue weighted by molar-refractivity contribution is 7.16. The summed E-state index contributed by atoms with van der Waals surface area (Å²) in [4.78, 5) is 7.60. The minimum absolute atomic E-state index is 0.0160. The number of nitrogen functional groups attached to an aromatic ring is 1. The Hall–Kier alpha value is -1.58. The summed E-state index contributed by atoms with van der Waals surface area (Å²) in [6.45, 7) is 1.78. The third-order valence-corrected chi connectivity index (χ3v) is 3.93. The molecule has 1 unspecified atom stereocenters. The molecule has 0 aromatic carbocycles. The molecule has 0 aliphatic heterocycles. The highest BCUT2D eigenvalue weighted by Crippen LogP contribution is 2.31. The van der Waals surface area contributed by atoms with E-state index in [0.29, 0.717) is 4.34 Å². The fourth-order valence-electron chi connectivity index (χ4n) is 1.58. The molecule has 2 aromatic rings. The largest absolute Gasteiger partial charge is 0.451 e. The predicted octanol–water partition coefficient (Wildman–Crippen LogP) is 3.67. The molecule has 0 saturated carbocycles. The summed E-state index contributed by atoms with van der Waals surface area (Å²) < 4.78 is 38.7. The van der Waals surface area contributed by atoms with Crippen LogP contribution >= 0.6 is 22.9 Å². The van der Waals surface area contributed by atoms with Crippen molar-refractivity contribution >= 4 is 34.6 Å². The van der Waals surface area contributed by atoms with Crippen LogP contribution in [0.1, 0.15) is 23.7 Å². The van der Waals surface area contributed by atoms with E-state index in [1.54, 1.807) is 19.1 Å².